The van der Waals surface area contributed by atoms with Crippen LogP contribution in [0.5, 0.6) is 5.75 Å². The van der Waals surface area contributed by atoms with Gasteiger partial charge in [-0.15, -0.1) is 5.92 Å². The SMILES string of the molecule is CC#Cc1ccc(S(=O)(=O)Nc2cc(F)c(C(=O)O)cc2OC)nc1. The van der Waals surface area contributed by atoms with E-state index < -0.39 is 27.4 Å². The maximum Gasteiger partial charge on any atom is 0.338 e. The summed E-state index contributed by atoms with van der Waals surface area (Å²) < 4.78 is 45.6. The van der Waals surface area contributed by atoms with Gasteiger partial charge in [0.2, 0.25) is 0 Å². The van der Waals surface area contributed by atoms with E-state index in [1.54, 1.807) is 6.92 Å². The molecule has 0 saturated carbocycles. The van der Waals surface area contributed by atoms with E-state index in [0.29, 0.717) is 5.56 Å². The second-order valence-corrected chi connectivity index (χ2v) is 6.33. The van der Waals surface area contributed by atoms with E-state index in [4.69, 9.17) is 9.84 Å². The number of sulfonamides is 1. The molecule has 2 rings (SSSR count). The lowest BCUT2D eigenvalue weighted by Crippen LogP contribution is -2.16. The van der Waals surface area contributed by atoms with Gasteiger partial charge in [0, 0.05) is 17.8 Å². The number of hydrogen-bond acceptors (Lipinski definition) is 5. The second kappa shape index (κ2) is 7.19. The van der Waals surface area contributed by atoms with Gasteiger partial charge < -0.3 is 9.84 Å². The molecule has 1 aromatic carbocycles. The fraction of sp³-hybridized carbons (Fsp3) is 0.125. The number of pyridine rings is 1. The zero-order valence-electron chi connectivity index (χ0n) is 13.2. The molecule has 2 aromatic rings. The number of carboxylic acids is 1. The highest BCUT2D eigenvalue weighted by Gasteiger charge is 2.21. The zero-order chi connectivity index (χ0) is 18.6. The highest BCUT2D eigenvalue weighted by molar-refractivity contribution is 7.92. The third kappa shape index (κ3) is 4.05. The molecule has 0 saturated heterocycles. The van der Waals surface area contributed by atoms with Crippen LogP contribution < -0.4 is 9.46 Å². The minimum atomic E-state index is -4.13. The van der Waals surface area contributed by atoms with Gasteiger partial charge in [0.1, 0.15) is 11.6 Å². The number of halogens is 1. The fourth-order valence-electron chi connectivity index (χ4n) is 1.92. The van der Waals surface area contributed by atoms with Gasteiger partial charge in [0.25, 0.3) is 10.0 Å². The Labute approximate surface area is 143 Å². The predicted octanol–water partition coefficient (Wildman–Crippen LogP) is 2.10. The molecule has 9 heteroatoms. The van der Waals surface area contributed by atoms with E-state index in [2.05, 4.69) is 21.5 Å². The van der Waals surface area contributed by atoms with Crippen LogP contribution in [-0.2, 0) is 10.0 Å². The van der Waals surface area contributed by atoms with Gasteiger partial charge in [-0.2, -0.15) is 8.42 Å². The van der Waals surface area contributed by atoms with Gasteiger partial charge >= 0.3 is 5.97 Å². The maximum absolute atomic E-state index is 13.8. The summed E-state index contributed by atoms with van der Waals surface area (Å²) in [6, 6.07) is 4.35. The zero-order valence-corrected chi connectivity index (χ0v) is 14.0. The first kappa shape index (κ1) is 18.2. The number of carbonyl (C=O) groups is 1. The first-order valence-corrected chi connectivity index (χ1v) is 8.29. The Kier molecular flexibility index (Phi) is 5.24. The van der Waals surface area contributed by atoms with Crippen molar-refractivity contribution in [1.29, 1.82) is 0 Å². The molecule has 0 unspecified atom stereocenters. The maximum atomic E-state index is 13.8. The molecule has 2 N–H and O–H groups in total. The van der Waals surface area contributed by atoms with E-state index >= 15 is 0 Å². The van der Waals surface area contributed by atoms with E-state index in [9.17, 15) is 17.6 Å². The molecule has 0 aliphatic carbocycles. The van der Waals surface area contributed by atoms with E-state index in [0.717, 1.165) is 12.1 Å². The van der Waals surface area contributed by atoms with Crippen LogP contribution in [0, 0.1) is 17.7 Å². The standard InChI is InChI=1S/C16H13FN2O5S/c1-3-4-10-5-6-15(18-9-10)25(22,23)19-13-8-12(17)11(16(20)21)7-14(13)24-2/h5-9,19H,1-2H3,(H,20,21). The highest BCUT2D eigenvalue weighted by atomic mass is 32.2. The number of nitrogens with zero attached hydrogens (tertiary/aromatic N) is 1. The normalized spacial score (nSPS) is 10.5. The monoisotopic (exact) mass is 364 g/mol. The van der Waals surface area contributed by atoms with Crippen molar-refractivity contribution >= 4 is 21.7 Å². The van der Waals surface area contributed by atoms with E-state index in [1.807, 2.05) is 0 Å². The van der Waals surface area contributed by atoms with Crippen LogP contribution in [0.25, 0.3) is 0 Å². The van der Waals surface area contributed by atoms with Crippen molar-refractivity contribution in [3.05, 3.63) is 47.4 Å². The smallest absolute Gasteiger partial charge is 0.338 e. The molecule has 25 heavy (non-hydrogen) atoms. The Morgan fingerprint density at radius 2 is 2.08 bits per heavy atom. The topological polar surface area (TPSA) is 106 Å². The molecule has 0 spiro atoms. The molecule has 1 aromatic heterocycles. The van der Waals surface area contributed by atoms with E-state index in [-0.39, 0.29) is 16.5 Å². The number of carboxylic acid groups (broad SMARTS) is 1. The van der Waals surface area contributed by atoms with Crippen LogP contribution in [0.1, 0.15) is 22.8 Å². The molecule has 130 valence electrons. The van der Waals surface area contributed by atoms with Crippen molar-refractivity contribution in [3.8, 4) is 17.6 Å². The van der Waals surface area contributed by atoms with Crippen LogP contribution in [0.15, 0.2) is 35.5 Å². The van der Waals surface area contributed by atoms with Crippen LogP contribution >= 0.6 is 0 Å². The molecular weight excluding hydrogens is 351 g/mol. The number of aromatic carboxylic acids is 1. The van der Waals surface area contributed by atoms with Gasteiger partial charge in [-0.05, 0) is 25.1 Å². The molecule has 0 radical (unpaired) electrons. The Morgan fingerprint density at radius 3 is 2.60 bits per heavy atom. The second-order valence-electron chi connectivity index (χ2n) is 4.70. The van der Waals surface area contributed by atoms with Crippen LogP contribution in [0.2, 0.25) is 0 Å². The van der Waals surface area contributed by atoms with Crippen LogP contribution in [0.3, 0.4) is 0 Å². The van der Waals surface area contributed by atoms with Crippen molar-refractivity contribution in [2.75, 3.05) is 11.8 Å². The molecule has 0 aliphatic heterocycles. The number of hydrogen-bond donors (Lipinski definition) is 2. The first-order chi connectivity index (χ1) is 11.8. The largest absolute Gasteiger partial charge is 0.495 e. The van der Waals surface area contributed by atoms with Gasteiger partial charge in [-0.3, -0.25) is 4.72 Å². The highest BCUT2D eigenvalue weighted by Crippen LogP contribution is 2.29. The van der Waals surface area contributed by atoms with Crippen molar-refractivity contribution < 1.29 is 27.4 Å². The summed E-state index contributed by atoms with van der Waals surface area (Å²) in [7, 11) is -2.93. The van der Waals surface area contributed by atoms with Crippen molar-refractivity contribution in [2.45, 2.75) is 11.9 Å². The molecule has 0 fully saturated rings. The average Bonchev–Trinajstić information content (AvgIpc) is 2.55. The first-order valence-electron chi connectivity index (χ1n) is 6.81. The lowest BCUT2D eigenvalue weighted by Gasteiger charge is -2.12. The Bertz CT molecular complexity index is 976. The van der Waals surface area contributed by atoms with Crippen LogP contribution in [-0.4, -0.2) is 31.6 Å². The number of rotatable bonds is 5. The van der Waals surface area contributed by atoms with Crippen LogP contribution in [0.4, 0.5) is 10.1 Å². The third-order valence-electron chi connectivity index (χ3n) is 3.04. The summed E-state index contributed by atoms with van der Waals surface area (Å²) in [6.45, 7) is 1.63. The molecule has 7 nitrogen and oxygen atoms in total. The molecule has 0 atom stereocenters. The van der Waals surface area contributed by atoms with Crippen molar-refractivity contribution in [3.63, 3.8) is 0 Å². The molecule has 0 amide bonds. The minimum Gasteiger partial charge on any atom is -0.495 e. The van der Waals surface area contributed by atoms with Gasteiger partial charge in [-0.1, -0.05) is 5.92 Å². The lowest BCUT2D eigenvalue weighted by molar-refractivity contribution is 0.0691. The minimum absolute atomic E-state index is 0.143. The van der Waals surface area contributed by atoms with Gasteiger partial charge in [0.05, 0.1) is 18.4 Å². The summed E-state index contributed by atoms with van der Waals surface area (Å²) in [5, 5.41) is 8.59. The average molecular weight is 364 g/mol. The van der Waals surface area contributed by atoms with Gasteiger partial charge in [0.15, 0.2) is 5.03 Å². The lowest BCUT2D eigenvalue weighted by atomic mass is 10.2. The number of ether oxygens (including phenoxy) is 1. The quantitative estimate of drug-likeness (QED) is 0.787. The summed E-state index contributed by atoms with van der Waals surface area (Å²) >= 11 is 0. The van der Waals surface area contributed by atoms with E-state index in [1.165, 1.54) is 25.4 Å². The summed E-state index contributed by atoms with van der Waals surface area (Å²) in [4.78, 5) is 14.7. The van der Waals surface area contributed by atoms with Gasteiger partial charge in [-0.25, -0.2) is 14.2 Å². The number of aromatic nitrogens is 1. The molecular formula is C16H13FN2O5S. The number of nitrogens with one attached hydrogen (secondary N) is 1. The molecule has 1 heterocycles. The number of anilines is 1. The summed E-state index contributed by atoms with van der Waals surface area (Å²) in [6.07, 6.45) is 1.29. The third-order valence-corrected chi connectivity index (χ3v) is 4.33. The number of methoxy groups -OCH3 is 1. The van der Waals surface area contributed by atoms with Crippen molar-refractivity contribution in [1.82, 2.24) is 4.98 Å². The summed E-state index contributed by atoms with van der Waals surface area (Å²) in [5.74, 6) is 2.63. The predicted molar refractivity (Wildman–Crippen MR) is 87.5 cm³/mol. The van der Waals surface area contributed by atoms with Crippen molar-refractivity contribution in [2.24, 2.45) is 0 Å². The molecule has 0 aliphatic rings. The number of benzene rings is 1. The fourth-order valence-corrected chi connectivity index (χ4v) is 2.91. The Hall–Kier alpha value is -3.12. The Balaban J connectivity index is 2.41. The summed E-state index contributed by atoms with van der Waals surface area (Å²) in [5.41, 5.74) is -0.347. The molecule has 0 bridgehead atoms. The Morgan fingerprint density at radius 1 is 1.36 bits per heavy atom.